The van der Waals surface area contributed by atoms with Gasteiger partial charge in [0, 0.05) is 18.9 Å². The van der Waals surface area contributed by atoms with E-state index in [1.54, 1.807) is 0 Å². The summed E-state index contributed by atoms with van der Waals surface area (Å²) in [6.07, 6.45) is 8.50. The third-order valence-corrected chi connectivity index (χ3v) is 2.86. The number of aryl methyl sites for hydroxylation is 1. The van der Waals surface area contributed by atoms with Crippen molar-refractivity contribution in [1.29, 1.82) is 0 Å². The van der Waals surface area contributed by atoms with E-state index in [9.17, 15) is 0 Å². The van der Waals surface area contributed by atoms with Gasteiger partial charge in [-0.15, -0.1) is 0 Å². The molecule has 0 amide bonds. The molecule has 0 aliphatic heterocycles. The van der Waals surface area contributed by atoms with Crippen molar-refractivity contribution < 1.29 is 0 Å². The Kier molecular flexibility index (Phi) is 2.26. The van der Waals surface area contributed by atoms with Gasteiger partial charge in [0.05, 0.1) is 0 Å². The molecule has 1 aliphatic rings. The van der Waals surface area contributed by atoms with Gasteiger partial charge in [0.15, 0.2) is 0 Å². The molecule has 2 rings (SSSR count). The second-order valence-electron chi connectivity index (χ2n) is 4.07. The molecule has 1 heteroatoms. The van der Waals surface area contributed by atoms with E-state index in [2.05, 4.69) is 42.9 Å². The third-order valence-electron chi connectivity index (χ3n) is 2.86. The Hall–Kier alpha value is -0.980. The maximum Gasteiger partial charge on any atom is 0.0433 e. The van der Waals surface area contributed by atoms with E-state index in [0.29, 0.717) is 0 Å². The van der Waals surface area contributed by atoms with Gasteiger partial charge in [-0.25, -0.2) is 0 Å². The highest BCUT2D eigenvalue weighted by Crippen LogP contribution is 2.29. The quantitative estimate of drug-likeness (QED) is 0.617. The molecule has 1 unspecified atom stereocenters. The van der Waals surface area contributed by atoms with Crippen LogP contribution in [0.15, 0.2) is 24.4 Å². The van der Waals surface area contributed by atoms with Gasteiger partial charge < -0.3 is 4.57 Å². The van der Waals surface area contributed by atoms with Crippen molar-refractivity contribution in [2.75, 3.05) is 0 Å². The van der Waals surface area contributed by atoms with Crippen LogP contribution >= 0.6 is 0 Å². The first-order valence-electron chi connectivity index (χ1n) is 5.10. The second kappa shape index (κ2) is 3.41. The number of hydrogen-bond acceptors (Lipinski definition) is 0. The standard InChI is InChI=1S/C12H17N/c1-10-5-3-6-11(9-10)12-7-4-8-13(12)2/h4,7-10H,3,5-6H2,1-2H3. The predicted molar refractivity (Wildman–Crippen MR) is 56.4 cm³/mol. The van der Waals surface area contributed by atoms with Gasteiger partial charge in [0.2, 0.25) is 0 Å². The minimum Gasteiger partial charge on any atom is -0.351 e. The van der Waals surface area contributed by atoms with E-state index in [-0.39, 0.29) is 0 Å². The van der Waals surface area contributed by atoms with E-state index >= 15 is 0 Å². The Morgan fingerprint density at radius 1 is 1.46 bits per heavy atom. The molecular weight excluding hydrogens is 158 g/mol. The number of nitrogens with zero attached hydrogens (tertiary/aromatic N) is 1. The first-order valence-corrected chi connectivity index (χ1v) is 5.10. The summed E-state index contributed by atoms with van der Waals surface area (Å²) in [5, 5.41) is 0. The average molecular weight is 175 g/mol. The summed E-state index contributed by atoms with van der Waals surface area (Å²) in [5.74, 6) is 0.763. The van der Waals surface area contributed by atoms with Crippen LogP contribution < -0.4 is 0 Å². The Labute approximate surface area is 80.1 Å². The Bertz CT molecular complexity index is 320. The van der Waals surface area contributed by atoms with Crippen molar-refractivity contribution in [3.63, 3.8) is 0 Å². The van der Waals surface area contributed by atoms with Crippen LogP contribution in [0.1, 0.15) is 31.9 Å². The Balaban J connectivity index is 2.30. The minimum atomic E-state index is 0.763. The lowest BCUT2D eigenvalue weighted by molar-refractivity contribution is 0.590. The minimum absolute atomic E-state index is 0.763. The number of allylic oxidation sites excluding steroid dienone is 2. The van der Waals surface area contributed by atoms with Crippen molar-refractivity contribution in [2.24, 2.45) is 13.0 Å². The average Bonchev–Trinajstić information content (AvgIpc) is 2.51. The normalized spacial score (nSPS) is 22.9. The summed E-state index contributed by atoms with van der Waals surface area (Å²) in [4.78, 5) is 0. The fourth-order valence-corrected chi connectivity index (χ4v) is 2.13. The van der Waals surface area contributed by atoms with Crippen LogP contribution in [-0.4, -0.2) is 4.57 Å². The van der Waals surface area contributed by atoms with Gasteiger partial charge in [-0.2, -0.15) is 0 Å². The predicted octanol–water partition coefficient (Wildman–Crippen LogP) is 3.23. The first-order chi connectivity index (χ1) is 6.27. The largest absolute Gasteiger partial charge is 0.351 e. The first kappa shape index (κ1) is 8.61. The second-order valence-corrected chi connectivity index (χ2v) is 4.07. The smallest absolute Gasteiger partial charge is 0.0433 e. The number of aromatic nitrogens is 1. The molecule has 0 fully saturated rings. The Morgan fingerprint density at radius 3 is 2.92 bits per heavy atom. The summed E-state index contributed by atoms with van der Waals surface area (Å²) in [5.41, 5.74) is 2.93. The SMILES string of the molecule is CC1C=C(c2cccn2C)CCC1. The molecule has 70 valence electrons. The van der Waals surface area contributed by atoms with Crippen LogP contribution in [0.3, 0.4) is 0 Å². The summed E-state index contributed by atoms with van der Waals surface area (Å²) >= 11 is 0. The molecule has 1 heterocycles. The van der Waals surface area contributed by atoms with Crippen LogP contribution in [0.2, 0.25) is 0 Å². The molecule has 1 aliphatic carbocycles. The van der Waals surface area contributed by atoms with Gasteiger partial charge in [0.1, 0.15) is 0 Å². The molecular formula is C12H17N. The molecule has 0 saturated heterocycles. The highest BCUT2D eigenvalue weighted by molar-refractivity contribution is 5.64. The van der Waals surface area contributed by atoms with Gasteiger partial charge in [-0.3, -0.25) is 0 Å². The maximum atomic E-state index is 2.43. The summed E-state index contributed by atoms with van der Waals surface area (Å²) in [7, 11) is 2.12. The summed E-state index contributed by atoms with van der Waals surface area (Å²) in [6, 6.07) is 4.33. The lowest BCUT2D eigenvalue weighted by atomic mass is 9.90. The van der Waals surface area contributed by atoms with Crippen LogP contribution in [0.25, 0.3) is 5.57 Å². The van der Waals surface area contributed by atoms with E-state index in [4.69, 9.17) is 0 Å². The van der Waals surface area contributed by atoms with Crippen LogP contribution in [-0.2, 0) is 7.05 Å². The zero-order chi connectivity index (χ0) is 9.26. The number of hydrogen-bond donors (Lipinski definition) is 0. The van der Waals surface area contributed by atoms with Gasteiger partial charge in [-0.05, 0) is 42.9 Å². The van der Waals surface area contributed by atoms with Crippen molar-refractivity contribution in [2.45, 2.75) is 26.2 Å². The van der Waals surface area contributed by atoms with Gasteiger partial charge in [-0.1, -0.05) is 13.0 Å². The monoisotopic (exact) mass is 175 g/mol. The molecule has 0 N–H and O–H groups in total. The summed E-state index contributed by atoms with van der Waals surface area (Å²) in [6.45, 7) is 2.31. The van der Waals surface area contributed by atoms with Crippen molar-refractivity contribution in [3.05, 3.63) is 30.1 Å². The van der Waals surface area contributed by atoms with Gasteiger partial charge >= 0.3 is 0 Å². The van der Waals surface area contributed by atoms with E-state index in [0.717, 1.165) is 5.92 Å². The number of rotatable bonds is 1. The molecule has 0 aromatic carbocycles. The maximum absolute atomic E-state index is 2.43. The highest BCUT2D eigenvalue weighted by atomic mass is 14.9. The van der Waals surface area contributed by atoms with Crippen molar-refractivity contribution in [3.8, 4) is 0 Å². The van der Waals surface area contributed by atoms with E-state index < -0.39 is 0 Å². The van der Waals surface area contributed by atoms with E-state index in [1.165, 1.54) is 30.5 Å². The lowest BCUT2D eigenvalue weighted by Gasteiger charge is -2.18. The molecule has 0 spiro atoms. The molecule has 1 atom stereocenters. The van der Waals surface area contributed by atoms with E-state index in [1.807, 2.05) is 0 Å². The van der Waals surface area contributed by atoms with Gasteiger partial charge in [0.25, 0.3) is 0 Å². The van der Waals surface area contributed by atoms with Crippen LogP contribution in [0, 0.1) is 5.92 Å². The Morgan fingerprint density at radius 2 is 2.31 bits per heavy atom. The third kappa shape index (κ3) is 1.69. The molecule has 13 heavy (non-hydrogen) atoms. The molecule has 1 nitrogen and oxygen atoms in total. The highest BCUT2D eigenvalue weighted by Gasteiger charge is 2.12. The van der Waals surface area contributed by atoms with Crippen molar-refractivity contribution >= 4 is 5.57 Å². The zero-order valence-corrected chi connectivity index (χ0v) is 8.46. The molecule has 1 aromatic rings. The molecule has 0 radical (unpaired) electrons. The fraction of sp³-hybridized carbons (Fsp3) is 0.500. The molecule has 0 bridgehead atoms. The molecule has 0 saturated carbocycles. The van der Waals surface area contributed by atoms with Crippen LogP contribution in [0.5, 0.6) is 0 Å². The fourth-order valence-electron chi connectivity index (χ4n) is 2.13. The lowest BCUT2D eigenvalue weighted by Crippen LogP contribution is -2.03. The summed E-state index contributed by atoms with van der Waals surface area (Å²) < 4.78 is 2.21. The van der Waals surface area contributed by atoms with Crippen LogP contribution in [0.4, 0.5) is 0 Å². The van der Waals surface area contributed by atoms with Crippen molar-refractivity contribution in [1.82, 2.24) is 4.57 Å². The molecule has 1 aromatic heterocycles. The zero-order valence-electron chi connectivity index (χ0n) is 8.46. The topological polar surface area (TPSA) is 4.93 Å².